The van der Waals surface area contributed by atoms with Gasteiger partial charge < -0.3 is 9.42 Å². The molecule has 0 N–H and O–H groups in total. The minimum absolute atomic E-state index is 0.543. The first-order valence-electron chi connectivity index (χ1n) is 6.00. The number of hydrogen-bond acceptors (Lipinski definition) is 3. The second-order valence-corrected chi connectivity index (χ2v) is 4.72. The Kier molecular flexibility index (Phi) is 2.39. The Morgan fingerprint density at radius 3 is 3.00 bits per heavy atom. The fourth-order valence-electron chi connectivity index (χ4n) is 2.52. The van der Waals surface area contributed by atoms with Gasteiger partial charge >= 0.3 is 0 Å². The molecule has 1 atom stereocenters. The number of para-hydroxylation sites is 1. The molecule has 1 unspecified atom stereocenters. The summed E-state index contributed by atoms with van der Waals surface area (Å²) in [7, 11) is 0. The molecule has 0 radical (unpaired) electrons. The summed E-state index contributed by atoms with van der Waals surface area (Å²) in [4.78, 5) is 2.43. The molecule has 0 fully saturated rings. The van der Waals surface area contributed by atoms with E-state index in [2.05, 4.69) is 41.2 Å². The number of fused-ring (bicyclic) bond motifs is 1. The highest BCUT2D eigenvalue weighted by atomic mass is 16.5. The van der Waals surface area contributed by atoms with Gasteiger partial charge in [0.15, 0.2) is 0 Å². The van der Waals surface area contributed by atoms with Crippen molar-refractivity contribution in [2.24, 2.45) is 0 Å². The molecular weight excluding hydrogens is 212 g/mol. The van der Waals surface area contributed by atoms with Crippen LogP contribution in [0.1, 0.15) is 23.8 Å². The second kappa shape index (κ2) is 3.91. The predicted molar refractivity (Wildman–Crippen MR) is 67.0 cm³/mol. The van der Waals surface area contributed by atoms with Crippen molar-refractivity contribution in [3.8, 4) is 0 Å². The number of anilines is 1. The number of nitrogens with zero attached hydrogens (tertiary/aromatic N) is 2. The van der Waals surface area contributed by atoms with E-state index in [1.54, 1.807) is 0 Å². The Morgan fingerprint density at radius 2 is 2.24 bits per heavy atom. The van der Waals surface area contributed by atoms with Gasteiger partial charge in [-0.15, -0.1) is 0 Å². The normalized spacial score (nSPS) is 18.5. The predicted octanol–water partition coefficient (Wildman–Crippen LogP) is 2.93. The van der Waals surface area contributed by atoms with Crippen LogP contribution in [0.15, 0.2) is 35.0 Å². The molecule has 0 saturated carbocycles. The lowest BCUT2D eigenvalue weighted by molar-refractivity contribution is 0.396. The molecular formula is C14H16N2O. The molecule has 3 nitrogen and oxygen atoms in total. The molecule has 2 heterocycles. The third-order valence-corrected chi connectivity index (χ3v) is 3.54. The molecule has 17 heavy (non-hydrogen) atoms. The van der Waals surface area contributed by atoms with E-state index in [-0.39, 0.29) is 0 Å². The van der Waals surface area contributed by atoms with Gasteiger partial charge in [0.1, 0.15) is 5.76 Å². The van der Waals surface area contributed by atoms with Crippen LogP contribution in [0.4, 0.5) is 5.69 Å². The highest BCUT2D eigenvalue weighted by molar-refractivity contribution is 5.59. The maximum atomic E-state index is 5.12. The first-order valence-corrected chi connectivity index (χ1v) is 6.00. The van der Waals surface area contributed by atoms with E-state index in [0.29, 0.717) is 6.04 Å². The Labute approximate surface area is 101 Å². The van der Waals surface area contributed by atoms with Crippen LogP contribution in [0, 0.1) is 6.92 Å². The van der Waals surface area contributed by atoms with E-state index in [4.69, 9.17) is 4.52 Å². The lowest BCUT2D eigenvalue weighted by Crippen LogP contribution is -2.28. The van der Waals surface area contributed by atoms with E-state index >= 15 is 0 Å². The summed E-state index contributed by atoms with van der Waals surface area (Å²) in [5.41, 5.74) is 3.96. The maximum absolute atomic E-state index is 5.12. The second-order valence-electron chi connectivity index (χ2n) is 4.72. The van der Waals surface area contributed by atoms with Crippen LogP contribution in [0.25, 0.3) is 0 Å². The zero-order valence-corrected chi connectivity index (χ0v) is 10.2. The van der Waals surface area contributed by atoms with Crippen molar-refractivity contribution in [3.05, 3.63) is 47.3 Å². The first kappa shape index (κ1) is 10.4. The number of hydrogen-bond donors (Lipinski definition) is 0. The van der Waals surface area contributed by atoms with Gasteiger partial charge in [-0.3, -0.25) is 0 Å². The first-order chi connectivity index (χ1) is 8.25. The Bertz CT molecular complexity index is 533. The van der Waals surface area contributed by atoms with E-state index in [9.17, 15) is 0 Å². The minimum Gasteiger partial charge on any atom is -0.364 e. The highest BCUT2D eigenvalue weighted by Crippen LogP contribution is 2.33. The molecule has 0 spiro atoms. The molecule has 3 heteroatoms. The molecule has 1 aliphatic rings. The molecule has 0 amide bonds. The SMILES string of the molecule is Cc1oncc1CN1c2ccccc2CC1C. The average molecular weight is 228 g/mol. The largest absolute Gasteiger partial charge is 0.364 e. The topological polar surface area (TPSA) is 29.3 Å². The Hall–Kier alpha value is -1.77. The summed E-state index contributed by atoms with van der Waals surface area (Å²) in [5, 5.41) is 3.84. The summed E-state index contributed by atoms with van der Waals surface area (Å²) in [6, 6.07) is 9.17. The number of benzene rings is 1. The van der Waals surface area contributed by atoms with Gasteiger partial charge in [-0.1, -0.05) is 23.4 Å². The number of aryl methyl sites for hydroxylation is 1. The van der Waals surface area contributed by atoms with E-state index in [1.165, 1.54) is 16.8 Å². The number of rotatable bonds is 2. The minimum atomic E-state index is 0.543. The van der Waals surface area contributed by atoms with Crippen LogP contribution < -0.4 is 4.90 Å². The van der Waals surface area contributed by atoms with Crippen molar-refractivity contribution in [2.45, 2.75) is 32.9 Å². The molecule has 1 aromatic carbocycles. The van der Waals surface area contributed by atoms with Gasteiger partial charge in [0, 0.05) is 23.8 Å². The van der Waals surface area contributed by atoms with E-state index < -0.39 is 0 Å². The molecule has 0 aliphatic carbocycles. The summed E-state index contributed by atoms with van der Waals surface area (Å²) in [5.74, 6) is 0.918. The third kappa shape index (κ3) is 1.71. The quantitative estimate of drug-likeness (QED) is 0.791. The summed E-state index contributed by atoms with van der Waals surface area (Å²) in [6.45, 7) is 5.12. The smallest absolute Gasteiger partial charge is 0.138 e. The lowest BCUT2D eigenvalue weighted by atomic mass is 10.1. The standard InChI is InChI=1S/C14H16N2O/c1-10-7-12-5-3-4-6-14(12)16(10)9-13-8-15-17-11(13)2/h3-6,8,10H,7,9H2,1-2H3. The van der Waals surface area contributed by atoms with Gasteiger partial charge in [0.05, 0.1) is 6.20 Å². The van der Waals surface area contributed by atoms with Gasteiger partial charge in [0.25, 0.3) is 0 Å². The van der Waals surface area contributed by atoms with Crippen molar-refractivity contribution >= 4 is 5.69 Å². The van der Waals surface area contributed by atoms with Crippen molar-refractivity contribution in [1.29, 1.82) is 0 Å². The summed E-state index contributed by atoms with van der Waals surface area (Å²) >= 11 is 0. The zero-order valence-electron chi connectivity index (χ0n) is 10.2. The van der Waals surface area contributed by atoms with E-state index in [0.717, 1.165) is 18.7 Å². The van der Waals surface area contributed by atoms with Crippen LogP contribution in [-0.4, -0.2) is 11.2 Å². The molecule has 0 saturated heterocycles. The molecule has 3 rings (SSSR count). The Morgan fingerprint density at radius 1 is 1.41 bits per heavy atom. The molecule has 88 valence electrons. The lowest BCUT2D eigenvalue weighted by Gasteiger charge is -2.24. The zero-order chi connectivity index (χ0) is 11.8. The van der Waals surface area contributed by atoms with Crippen LogP contribution in [0.5, 0.6) is 0 Å². The van der Waals surface area contributed by atoms with Crippen molar-refractivity contribution in [3.63, 3.8) is 0 Å². The van der Waals surface area contributed by atoms with Crippen LogP contribution in [0.2, 0.25) is 0 Å². The van der Waals surface area contributed by atoms with Gasteiger partial charge in [-0.05, 0) is 31.9 Å². The molecule has 1 aliphatic heterocycles. The van der Waals surface area contributed by atoms with Gasteiger partial charge in [-0.2, -0.15) is 0 Å². The fourth-order valence-corrected chi connectivity index (χ4v) is 2.52. The average Bonchev–Trinajstić information content (AvgIpc) is 2.85. The van der Waals surface area contributed by atoms with Gasteiger partial charge in [-0.25, -0.2) is 0 Å². The van der Waals surface area contributed by atoms with Crippen molar-refractivity contribution in [1.82, 2.24) is 5.16 Å². The maximum Gasteiger partial charge on any atom is 0.138 e. The fraction of sp³-hybridized carbons (Fsp3) is 0.357. The summed E-state index contributed by atoms with van der Waals surface area (Å²) in [6.07, 6.45) is 2.95. The van der Waals surface area contributed by atoms with Crippen molar-refractivity contribution < 1.29 is 4.52 Å². The van der Waals surface area contributed by atoms with Crippen LogP contribution >= 0.6 is 0 Å². The van der Waals surface area contributed by atoms with Crippen LogP contribution in [-0.2, 0) is 13.0 Å². The highest BCUT2D eigenvalue weighted by Gasteiger charge is 2.26. The Balaban J connectivity index is 1.91. The molecule has 0 bridgehead atoms. The van der Waals surface area contributed by atoms with Crippen molar-refractivity contribution in [2.75, 3.05) is 4.90 Å². The third-order valence-electron chi connectivity index (χ3n) is 3.54. The van der Waals surface area contributed by atoms with Gasteiger partial charge in [0.2, 0.25) is 0 Å². The number of aromatic nitrogens is 1. The molecule has 1 aromatic heterocycles. The van der Waals surface area contributed by atoms with Crippen LogP contribution in [0.3, 0.4) is 0 Å². The monoisotopic (exact) mass is 228 g/mol. The molecule has 2 aromatic rings. The van der Waals surface area contributed by atoms with E-state index in [1.807, 2.05) is 13.1 Å². The summed E-state index contributed by atoms with van der Waals surface area (Å²) < 4.78 is 5.12.